The zero-order chi connectivity index (χ0) is 24.6. The van der Waals surface area contributed by atoms with Crippen molar-refractivity contribution in [2.75, 3.05) is 5.32 Å². The molecule has 0 saturated heterocycles. The minimum Gasteiger partial charge on any atom is -0.332 e. The predicted octanol–water partition coefficient (Wildman–Crippen LogP) is 6.28. The van der Waals surface area contributed by atoms with E-state index in [9.17, 15) is 22.8 Å². The zero-order valence-electron chi connectivity index (χ0n) is 16.8. The number of benzene rings is 2. The summed E-state index contributed by atoms with van der Waals surface area (Å²) in [6.07, 6.45) is -2.58. The van der Waals surface area contributed by atoms with Gasteiger partial charge in [0.2, 0.25) is 0 Å². The molecule has 0 saturated carbocycles. The Morgan fingerprint density at radius 2 is 1.71 bits per heavy atom. The summed E-state index contributed by atoms with van der Waals surface area (Å²) in [6, 6.07) is 9.59. The first-order valence-electron chi connectivity index (χ1n) is 9.51. The number of amides is 1. The number of fused-ring (bicyclic) bond motifs is 1. The summed E-state index contributed by atoms with van der Waals surface area (Å²) in [6.45, 7) is -0.343. The number of alkyl halides is 3. The van der Waals surface area contributed by atoms with Gasteiger partial charge < -0.3 is 9.88 Å². The third kappa shape index (κ3) is 4.72. The second kappa shape index (κ2) is 9.25. The van der Waals surface area contributed by atoms with E-state index in [1.54, 1.807) is 0 Å². The topological polar surface area (TPSA) is 76.9 Å². The van der Waals surface area contributed by atoms with E-state index in [-0.39, 0.29) is 33.3 Å². The lowest BCUT2D eigenvalue weighted by Gasteiger charge is -2.15. The molecule has 6 nitrogen and oxygen atoms in total. The molecule has 2 aromatic heterocycles. The Labute approximate surface area is 205 Å². The molecule has 0 unspecified atom stereocenters. The summed E-state index contributed by atoms with van der Waals surface area (Å²) in [5, 5.41) is 2.60. The van der Waals surface area contributed by atoms with Crippen molar-refractivity contribution in [1.29, 1.82) is 0 Å². The van der Waals surface area contributed by atoms with Gasteiger partial charge in [-0.3, -0.25) is 9.59 Å². The lowest BCUT2D eigenvalue weighted by Crippen LogP contribution is -2.26. The highest BCUT2D eigenvalue weighted by Gasteiger charge is 2.42. The minimum absolute atomic E-state index is 0.0425. The largest absolute Gasteiger partial charge is 0.432 e. The summed E-state index contributed by atoms with van der Waals surface area (Å²) in [4.78, 5) is 33.1. The molecular formula is C22H12Cl3F3N4O2. The van der Waals surface area contributed by atoms with Crippen LogP contribution in [0.4, 0.5) is 19.0 Å². The number of carbonyl (C=O) groups is 2. The van der Waals surface area contributed by atoms with Crippen molar-refractivity contribution in [1.82, 2.24) is 14.5 Å². The Balaban J connectivity index is 1.91. The van der Waals surface area contributed by atoms with Crippen molar-refractivity contribution in [3.8, 4) is 0 Å². The zero-order valence-corrected chi connectivity index (χ0v) is 19.1. The molecule has 0 aliphatic heterocycles. The molecule has 1 amide bonds. The SMILES string of the molecule is O=C(Nc1ccncn1)C(=O)c1c(C(F)(F)F)n(Cc2ccc(Cl)cc2Cl)c2ccc(Cl)cc12. The average Bonchev–Trinajstić information content (AvgIpc) is 3.09. The summed E-state index contributed by atoms with van der Waals surface area (Å²) in [7, 11) is 0. The van der Waals surface area contributed by atoms with Gasteiger partial charge in [-0.15, -0.1) is 0 Å². The minimum atomic E-state index is -5.00. The quantitative estimate of drug-likeness (QED) is 0.245. The maximum Gasteiger partial charge on any atom is 0.432 e. The summed E-state index contributed by atoms with van der Waals surface area (Å²) >= 11 is 18.1. The smallest absolute Gasteiger partial charge is 0.332 e. The normalized spacial score (nSPS) is 11.6. The maximum absolute atomic E-state index is 14.4. The van der Waals surface area contributed by atoms with Gasteiger partial charge in [-0.25, -0.2) is 9.97 Å². The first kappa shape index (κ1) is 24.0. The van der Waals surface area contributed by atoms with E-state index < -0.39 is 29.1 Å². The standard InChI is InChI=1S/C22H12Cl3F3N4O2/c23-12-3-4-16-14(7-12)18(19(33)21(34)31-17-5-6-29-10-30-17)20(22(26,27)28)32(16)9-11-1-2-13(24)8-15(11)25/h1-8,10H,9H2,(H,29,30,31,34). The monoisotopic (exact) mass is 526 g/mol. The van der Waals surface area contributed by atoms with E-state index in [2.05, 4.69) is 15.3 Å². The van der Waals surface area contributed by atoms with Crippen LogP contribution in [0.3, 0.4) is 0 Å². The van der Waals surface area contributed by atoms with E-state index in [1.165, 1.54) is 48.7 Å². The maximum atomic E-state index is 14.4. The van der Waals surface area contributed by atoms with Crippen molar-refractivity contribution < 1.29 is 22.8 Å². The molecule has 12 heteroatoms. The van der Waals surface area contributed by atoms with Crippen molar-refractivity contribution in [3.63, 3.8) is 0 Å². The number of aromatic nitrogens is 3. The molecule has 34 heavy (non-hydrogen) atoms. The molecule has 0 fully saturated rings. The van der Waals surface area contributed by atoms with Gasteiger partial charge in [-0.2, -0.15) is 13.2 Å². The Morgan fingerprint density at radius 1 is 1.00 bits per heavy atom. The number of hydrogen-bond donors (Lipinski definition) is 1. The number of anilines is 1. The lowest BCUT2D eigenvalue weighted by atomic mass is 10.1. The van der Waals surface area contributed by atoms with Gasteiger partial charge in [0.25, 0.3) is 11.7 Å². The molecule has 2 heterocycles. The van der Waals surface area contributed by atoms with Crippen molar-refractivity contribution in [3.05, 3.63) is 86.9 Å². The van der Waals surface area contributed by atoms with Gasteiger partial charge in [-0.1, -0.05) is 40.9 Å². The van der Waals surface area contributed by atoms with Crippen LogP contribution >= 0.6 is 34.8 Å². The van der Waals surface area contributed by atoms with E-state index in [0.29, 0.717) is 10.6 Å². The number of ketones is 1. The molecule has 4 rings (SSSR count). The van der Waals surface area contributed by atoms with Crippen LogP contribution in [-0.4, -0.2) is 26.2 Å². The second-order valence-electron chi connectivity index (χ2n) is 7.08. The molecule has 4 aromatic rings. The molecule has 0 aliphatic rings. The molecule has 2 aromatic carbocycles. The molecule has 0 bridgehead atoms. The van der Waals surface area contributed by atoms with Crippen LogP contribution in [0.15, 0.2) is 55.0 Å². The third-order valence-corrected chi connectivity index (χ3v) is 5.72. The number of rotatable bonds is 5. The average molecular weight is 528 g/mol. The van der Waals surface area contributed by atoms with Crippen molar-refractivity contribution >= 4 is 63.2 Å². The van der Waals surface area contributed by atoms with Gasteiger partial charge >= 0.3 is 6.18 Å². The van der Waals surface area contributed by atoms with Crippen molar-refractivity contribution in [2.45, 2.75) is 12.7 Å². The molecular weight excluding hydrogens is 516 g/mol. The van der Waals surface area contributed by atoms with Crippen LogP contribution in [-0.2, 0) is 17.5 Å². The fourth-order valence-corrected chi connectivity index (χ4v) is 4.13. The Morgan fingerprint density at radius 3 is 2.35 bits per heavy atom. The first-order chi connectivity index (χ1) is 16.1. The summed E-state index contributed by atoms with van der Waals surface area (Å²) in [5.41, 5.74) is -1.77. The van der Waals surface area contributed by atoms with Crippen LogP contribution < -0.4 is 5.32 Å². The van der Waals surface area contributed by atoms with Gasteiger partial charge in [0.05, 0.1) is 5.56 Å². The highest BCUT2D eigenvalue weighted by molar-refractivity contribution is 6.49. The highest BCUT2D eigenvalue weighted by Crippen LogP contribution is 2.40. The molecule has 1 N–H and O–H groups in total. The van der Waals surface area contributed by atoms with Crippen LogP contribution in [0, 0.1) is 0 Å². The number of carbonyl (C=O) groups excluding carboxylic acids is 2. The first-order valence-corrected chi connectivity index (χ1v) is 10.6. The molecule has 0 atom stereocenters. The van der Waals surface area contributed by atoms with E-state index >= 15 is 0 Å². The highest BCUT2D eigenvalue weighted by atomic mass is 35.5. The number of halogens is 6. The van der Waals surface area contributed by atoms with Gasteiger partial charge in [0.15, 0.2) is 0 Å². The third-order valence-electron chi connectivity index (χ3n) is 4.89. The number of nitrogens with zero attached hydrogens (tertiary/aromatic N) is 3. The predicted molar refractivity (Wildman–Crippen MR) is 123 cm³/mol. The number of hydrogen-bond acceptors (Lipinski definition) is 4. The van der Waals surface area contributed by atoms with E-state index in [0.717, 1.165) is 10.9 Å². The van der Waals surface area contributed by atoms with Gasteiger partial charge in [0.1, 0.15) is 17.8 Å². The Bertz CT molecular complexity index is 1420. The summed E-state index contributed by atoms with van der Waals surface area (Å²) < 4.78 is 43.9. The van der Waals surface area contributed by atoms with Crippen LogP contribution in [0.25, 0.3) is 10.9 Å². The molecule has 0 radical (unpaired) electrons. The van der Waals surface area contributed by atoms with Crippen LogP contribution in [0.5, 0.6) is 0 Å². The number of nitrogens with one attached hydrogen (secondary N) is 1. The Hall–Kier alpha value is -3.14. The van der Waals surface area contributed by atoms with Crippen LogP contribution in [0.1, 0.15) is 21.6 Å². The van der Waals surface area contributed by atoms with Crippen molar-refractivity contribution in [2.24, 2.45) is 0 Å². The second-order valence-corrected chi connectivity index (χ2v) is 8.36. The molecule has 0 spiro atoms. The van der Waals surface area contributed by atoms with E-state index in [4.69, 9.17) is 34.8 Å². The fourth-order valence-electron chi connectivity index (χ4n) is 3.49. The fraction of sp³-hybridized carbons (Fsp3) is 0.0909. The summed E-state index contributed by atoms with van der Waals surface area (Å²) in [5.74, 6) is -2.75. The van der Waals surface area contributed by atoms with Gasteiger partial charge in [-0.05, 0) is 42.0 Å². The van der Waals surface area contributed by atoms with E-state index in [1.807, 2.05) is 0 Å². The molecule has 174 valence electrons. The molecule has 0 aliphatic carbocycles. The lowest BCUT2D eigenvalue weighted by molar-refractivity contribution is -0.143. The Kier molecular flexibility index (Phi) is 6.53. The van der Waals surface area contributed by atoms with Gasteiger partial charge in [0, 0.05) is 38.7 Å². The number of Topliss-reactive ketones (excluding diaryl/α,β-unsaturated/α-hetero) is 1. The van der Waals surface area contributed by atoms with Crippen LogP contribution in [0.2, 0.25) is 15.1 Å².